The summed E-state index contributed by atoms with van der Waals surface area (Å²) in [5, 5.41) is 11.4. The Morgan fingerprint density at radius 1 is 1.21 bits per heavy atom. The number of alkyl halides is 3. The Labute approximate surface area is 169 Å². The van der Waals surface area contributed by atoms with E-state index in [1.54, 1.807) is 6.07 Å². The monoisotopic (exact) mass is 431 g/mol. The Morgan fingerprint density at radius 2 is 1.93 bits per heavy atom. The number of aryl methyl sites for hydroxylation is 1. The largest absolute Gasteiger partial charge is 0.504 e. The zero-order valence-electron chi connectivity index (χ0n) is 15.2. The number of phenols is 1. The Bertz CT molecular complexity index is 902. The van der Waals surface area contributed by atoms with Crippen molar-refractivity contribution in [3.8, 4) is 11.5 Å². The van der Waals surface area contributed by atoms with Crippen LogP contribution in [0.2, 0.25) is 5.02 Å². The van der Waals surface area contributed by atoms with Gasteiger partial charge in [-0.05, 0) is 36.2 Å². The third-order valence-electron chi connectivity index (χ3n) is 3.81. The minimum absolute atomic E-state index is 0.0852. The second-order valence-corrected chi connectivity index (χ2v) is 6.28. The summed E-state index contributed by atoms with van der Waals surface area (Å²) in [5.41, 5.74) is -1.07. The molecule has 1 amide bonds. The normalized spacial score (nSPS) is 11.1. The fourth-order valence-corrected chi connectivity index (χ4v) is 2.64. The zero-order chi connectivity index (χ0) is 21.6. The second-order valence-electron chi connectivity index (χ2n) is 5.88. The third-order valence-corrected chi connectivity index (χ3v) is 4.12. The standard InChI is InChI=1S/C19H17ClF3NO5/c1-28-15-7-5-11(9-14(15)25)6-8-17(27)29-10-16(26)24-18-12(19(21,22)23)3-2-4-13(18)20/h2-5,7,9,25H,6,8,10H2,1H3,(H,24,26). The van der Waals surface area contributed by atoms with Crippen LogP contribution in [0.3, 0.4) is 0 Å². The summed E-state index contributed by atoms with van der Waals surface area (Å²) >= 11 is 5.74. The quantitative estimate of drug-likeness (QED) is 0.642. The van der Waals surface area contributed by atoms with Gasteiger partial charge in [-0.15, -0.1) is 0 Å². The summed E-state index contributed by atoms with van der Waals surface area (Å²) in [4.78, 5) is 23.7. The molecule has 2 aromatic rings. The number of esters is 1. The number of aromatic hydroxyl groups is 1. The lowest BCUT2D eigenvalue weighted by molar-refractivity contribution is -0.147. The molecule has 0 saturated heterocycles. The highest BCUT2D eigenvalue weighted by Gasteiger charge is 2.34. The zero-order valence-corrected chi connectivity index (χ0v) is 15.9. The van der Waals surface area contributed by atoms with Gasteiger partial charge in [-0.3, -0.25) is 9.59 Å². The summed E-state index contributed by atoms with van der Waals surface area (Å²) in [6, 6.07) is 7.69. The Hall–Kier alpha value is -2.94. The second kappa shape index (κ2) is 9.51. The average Bonchev–Trinajstić information content (AvgIpc) is 2.65. The molecule has 6 nitrogen and oxygen atoms in total. The first-order chi connectivity index (χ1) is 13.6. The van der Waals surface area contributed by atoms with Gasteiger partial charge < -0.3 is 19.9 Å². The van der Waals surface area contributed by atoms with E-state index in [0.29, 0.717) is 5.56 Å². The molecule has 0 fully saturated rings. The highest BCUT2D eigenvalue weighted by Crippen LogP contribution is 2.38. The molecule has 0 radical (unpaired) electrons. The minimum Gasteiger partial charge on any atom is -0.504 e. The molecule has 0 saturated carbocycles. The number of hydrogen-bond donors (Lipinski definition) is 2. The predicted molar refractivity (Wildman–Crippen MR) is 99.0 cm³/mol. The summed E-state index contributed by atoms with van der Waals surface area (Å²) in [6.07, 6.45) is -4.59. The maximum Gasteiger partial charge on any atom is 0.418 e. The van der Waals surface area contributed by atoms with Crippen LogP contribution in [0.25, 0.3) is 0 Å². The summed E-state index contributed by atoms with van der Waals surface area (Å²) in [7, 11) is 1.40. The van der Waals surface area contributed by atoms with E-state index in [-0.39, 0.29) is 29.4 Å². The number of carbonyl (C=O) groups is 2. The van der Waals surface area contributed by atoms with E-state index in [2.05, 4.69) is 0 Å². The fraction of sp³-hybridized carbons (Fsp3) is 0.263. The van der Waals surface area contributed by atoms with Crippen molar-refractivity contribution in [3.63, 3.8) is 0 Å². The number of halogens is 4. The lowest BCUT2D eigenvalue weighted by Crippen LogP contribution is -2.23. The maximum atomic E-state index is 13.0. The molecule has 0 heterocycles. The molecular weight excluding hydrogens is 415 g/mol. The van der Waals surface area contributed by atoms with Crippen LogP contribution in [-0.4, -0.2) is 30.7 Å². The molecule has 0 unspecified atom stereocenters. The van der Waals surface area contributed by atoms with Crippen LogP contribution in [0, 0.1) is 0 Å². The van der Waals surface area contributed by atoms with Crippen LogP contribution in [-0.2, 0) is 26.9 Å². The van der Waals surface area contributed by atoms with E-state index in [9.17, 15) is 27.9 Å². The van der Waals surface area contributed by atoms with Crippen molar-refractivity contribution in [1.82, 2.24) is 0 Å². The van der Waals surface area contributed by atoms with Crippen molar-refractivity contribution in [2.75, 3.05) is 19.0 Å². The van der Waals surface area contributed by atoms with Gasteiger partial charge in [0.25, 0.3) is 5.91 Å². The Morgan fingerprint density at radius 3 is 2.55 bits per heavy atom. The SMILES string of the molecule is COc1ccc(CCC(=O)OCC(=O)Nc2c(Cl)cccc2C(F)(F)F)cc1O. The van der Waals surface area contributed by atoms with Crippen LogP contribution >= 0.6 is 11.6 Å². The number of rotatable bonds is 7. The summed E-state index contributed by atoms with van der Waals surface area (Å²) in [6.45, 7) is -0.769. The summed E-state index contributed by atoms with van der Waals surface area (Å²) in [5.74, 6) is -1.49. The van der Waals surface area contributed by atoms with Gasteiger partial charge >= 0.3 is 12.1 Å². The minimum atomic E-state index is -4.71. The van der Waals surface area contributed by atoms with Gasteiger partial charge in [0.05, 0.1) is 23.4 Å². The molecular formula is C19H17ClF3NO5. The molecule has 0 aromatic heterocycles. The molecule has 29 heavy (non-hydrogen) atoms. The number of hydrogen-bond acceptors (Lipinski definition) is 5. The van der Waals surface area contributed by atoms with Crippen LogP contribution in [0.1, 0.15) is 17.5 Å². The van der Waals surface area contributed by atoms with Crippen molar-refractivity contribution in [3.05, 3.63) is 52.5 Å². The maximum absolute atomic E-state index is 13.0. The molecule has 2 N–H and O–H groups in total. The molecule has 0 aliphatic carbocycles. The van der Waals surface area contributed by atoms with Gasteiger partial charge in [0, 0.05) is 6.42 Å². The number of phenolic OH excluding ortho intramolecular Hbond substituents is 1. The topological polar surface area (TPSA) is 84.9 Å². The van der Waals surface area contributed by atoms with E-state index < -0.39 is 35.9 Å². The molecule has 0 aliphatic heterocycles. The van der Waals surface area contributed by atoms with E-state index in [1.165, 1.54) is 25.3 Å². The van der Waals surface area contributed by atoms with Crippen molar-refractivity contribution < 1.29 is 37.3 Å². The van der Waals surface area contributed by atoms with Crippen LogP contribution < -0.4 is 10.1 Å². The third kappa shape index (κ3) is 6.28. The molecule has 2 aromatic carbocycles. The number of amides is 1. The molecule has 0 atom stereocenters. The molecule has 0 spiro atoms. The number of carbonyl (C=O) groups excluding carboxylic acids is 2. The van der Waals surface area contributed by atoms with Crippen LogP contribution in [0.15, 0.2) is 36.4 Å². The number of ether oxygens (including phenoxy) is 2. The highest BCUT2D eigenvalue weighted by atomic mass is 35.5. The van der Waals surface area contributed by atoms with Gasteiger partial charge in [-0.2, -0.15) is 13.2 Å². The Kier molecular flexibility index (Phi) is 7.33. The number of methoxy groups -OCH3 is 1. The van der Waals surface area contributed by atoms with E-state index in [0.717, 1.165) is 12.1 Å². The predicted octanol–water partition coefficient (Wildman–Crippen LogP) is 4.19. The van der Waals surface area contributed by atoms with Crippen LogP contribution in [0.4, 0.5) is 18.9 Å². The van der Waals surface area contributed by atoms with E-state index in [1.807, 2.05) is 5.32 Å². The molecule has 2 rings (SSSR count). The first-order valence-electron chi connectivity index (χ1n) is 8.29. The fourth-order valence-electron chi connectivity index (χ4n) is 2.42. The van der Waals surface area contributed by atoms with Crippen molar-refractivity contribution >= 4 is 29.2 Å². The van der Waals surface area contributed by atoms with E-state index in [4.69, 9.17) is 21.1 Å². The number of nitrogens with one attached hydrogen (secondary N) is 1. The van der Waals surface area contributed by atoms with Crippen molar-refractivity contribution in [1.29, 1.82) is 0 Å². The van der Waals surface area contributed by atoms with Crippen LogP contribution in [0.5, 0.6) is 11.5 Å². The molecule has 156 valence electrons. The number of para-hydroxylation sites is 1. The van der Waals surface area contributed by atoms with Gasteiger partial charge in [0.15, 0.2) is 18.1 Å². The lowest BCUT2D eigenvalue weighted by Gasteiger charge is -2.15. The highest BCUT2D eigenvalue weighted by molar-refractivity contribution is 6.34. The number of benzene rings is 2. The van der Waals surface area contributed by atoms with E-state index >= 15 is 0 Å². The van der Waals surface area contributed by atoms with Crippen molar-refractivity contribution in [2.24, 2.45) is 0 Å². The molecule has 0 bridgehead atoms. The molecule has 0 aliphatic rings. The van der Waals surface area contributed by atoms with Crippen molar-refractivity contribution in [2.45, 2.75) is 19.0 Å². The summed E-state index contributed by atoms with van der Waals surface area (Å²) < 4.78 is 48.7. The van der Waals surface area contributed by atoms with Gasteiger partial charge in [-0.25, -0.2) is 0 Å². The van der Waals surface area contributed by atoms with Gasteiger partial charge in [0.2, 0.25) is 0 Å². The Balaban J connectivity index is 1.88. The lowest BCUT2D eigenvalue weighted by atomic mass is 10.1. The van der Waals surface area contributed by atoms with Gasteiger partial charge in [0.1, 0.15) is 0 Å². The van der Waals surface area contributed by atoms with Gasteiger partial charge in [-0.1, -0.05) is 23.7 Å². The average molecular weight is 432 g/mol. The first-order valence-corrected chi connectivity index (χ1v) is 8.66. The number of anilines is 1. The molecule has 10 heteroatoms. The smallest absolute Gasteiger partial charge is 0.418 e. The first kappa shape index (κ1) is 22.4.